The molecule has 0 atom stereocenters. The van der Waals surface area contributed by atoms with E-state index >= 15 is 0 Å². The van der Waals surface area contributed by atoms with Crippen LogP contribution in [-0.4, -0.2) is 35.8 Å². The fourth-order valence-corrected chi connectivity index (χ4v) is 2.62. The zero-order valence-corrected chi connectivity index (χ0v) is 15.3. The first kappa shape index (κ1) is 18.8. The van der Waals surface area contributed by atoms with E-state index in [9.17, 15) is 14.4 Å². The molecular weight excluding hydrogens is 368 g/mol. The molecule has 3 amide bonds. The van der Waals surface area contributed by atoms with Gasteiger partial charge in [0, 0.05) is 36.5 Å². The number of amides is 3. The fraction of sp³-hybridized carbons (Fsp3) is 0.263. The number of nitrogens with zero attached hydrogens (tertiary/aromatic N) is 1. The Morgan fingerprint density at radius 3 is 2.37 bits per heavy atom. The van der Waals surface area contributed by atoms with Crippen LogP contribution in [0.1, 0.15) is 33.6 Å². The molecule has 0 saturated heterocycles. The maximum absolute atomic E-state index is 12.2. The molecule has 0 unspecified atom stereocenters. The molecule has 2 aromatic rings. The first-order chi connectivity index (χ1) is 13.0. The van der Waals surface area contributed by atoms with Crippen LogP contribution < -0.4 is 16.0 Å². The third-order valence-corrected chi connectivity index (χ3v) is 4.37. The highest BCUT2D eigenvalue weighted by Gasteiger charge is 2.28. The van der Waals surface area contributed by atoms with E-state index in [4.69, 9.17) is 11.6 Å². The summed E-state index contributed by atoms with van der Waals surface area (Å²) in [6.07, 6.45) is 3.41. The SMILES string of the molecule is O=C(NCCNC(=O)C1CC1)c1ccc(NC(=O)c2cccnc2Cl)cc1. The maximum Gasteiger partial charge on any atom is 0.258 e. The third kappa shape index (κ3) is 5.27. The number of pyridine rings is 1. The van der Waals surface area contributed by atoms with E-state index in [1.54, 1.807) is 36.4 Å². The number of aromatic nitrogens is 1. The Labute approximate surface area is 161 Å². The summed E-state index contributed by atoms with van der Waals surface area (Å²) in [5, 5.41) is 8.35. The van der Waals surface area contributed by atoms with E-state index in [2.05, 4.69) is 20.9 Å². The van der Waals surface area contributed by atoms with Gasteiger partial charge >= 0.3 is 0 Å². The minimum atomic E-state index is -0.378. The topological polar surface area (TPSA) is 100 Å². The number of carbonyl (C=O) groups excluding carboxylic acids is 3. The van der Waals surface area contributed by atoms with Gasteiger partial charge in [-0.3, -0.25) is 14.4 Å². The number of carbonyl (C=O) groups is 3. The molecule has 1 aromatic heterocycles. The fourth-order valence-electron chi connectivity index (χ4n) is 2.41. The monoisotopic (exact) mass is 386 g/mol. The molecule has 27 heavy (non-hydrogen) atoms. The van der Waals surface area contributed by atoms with Gasteiger partial charge < -0.3 is 16.0 Å². The lowest BCUT2D eigenvalue weighted by molar-refractivity contribution is -0.122. The molecule has 0 spiro atoms. The number of benzene rings is 1. The van der Waals surface area contributed by atoms with Crippen LogP contribution in [0.4, 0.5) is 5.69 Å². The van der Waals surface area contributed by atoms with Crippen molar-refractivity contribution in [3.8, 4) is 0 Å². The van der Waals surface area contributed by atoms with E-state index in [0.29, 0.717) is 24.3 Å². The molecule has 1 aliphatic carbocycles. The predicted octanol–water partition coefficient (Wildman–Crippen LogP) is 2.24. The molecule has 8 heteroatoms. The molecular formula is C19H19ClN4O3. The lowest BCUT2D eigenvalue weighted by atomic mass is 10.2. The summed E-state index contributed by atoms with van der Waals surface area (Å²) in [7, 11) is 0. The Morgan fingerprint density at radius 2 is 1.70 bits per heavy atom. The van der Waals surface area contributed by atoms with Crippen LogP contribution in [0, 0.1) is 5.92 Å². The van der Waals surface area contributed by atoms with Crippen molar-refractivity contribution in [2.45, 2.75) is 12.8 Å². The summed E-state index contributed by atoms with van der Waals surface area (Å²) in [4.78, 5) is 39.6. The normalized spacial score (nSPS) is 12.9. The molecule has 1 aromatic carbocycles. The van der Waals surface area contributed by atoms with Crippen LogP contribution in [0.15, 0.2) is 42.6 Å². The highest BCUT2D eigenvalue weighted by Crippen LogP contribution is 2.28. The van der Waals surface area contributed by atoms with Crippen LogP contribution in [0.25, 0.3) is 0 Å². The molecule has 7 nitrogen and oxygen atoms in total. The van der Waals surface area contributed by atoms with E-state index in [-0.39, 0.29) is 34.4 Å². The Hall–Kier alpha value is -2.93. The lowest BCUT2D eigenvalue weighted by Gasteiger charge is -2.09. The molecule has 0 radical (unpaired) electrons. The second kappa shape index (κ2) is 8.64. The zero-order chi connectivity index (χ0) is 19.2. The summed E-state index contributed by atoms with van der Waals surface area (Å²) in [5.74, 6) is -0.413. The Bertz CT molecular complexity index is 850. The van der Waals surface area contributed by atoms with Gasteiger partial charge in [-0.05, 0) is 49.2 Å². The molecule has 0 bridgehead atoms. The van der Waals surface area contributed by atoms with Crippen molar-refractivity contribution in [1.29, 1.82) is 0 Å². The van der Waals surface area contributed by atoms with Gasteiger partial charge in [0.05, 0.1) is 5.56 Å². The second-order valence-corrected chi connectivity index (χ2v) is 6.55. The highest BCUT2D eigenvalue weighted by molar-refractivity contribution is 6.33. The number of nitrogens with one attached hydrogen (secondary N) is 3. The zero-order valence-electron chi connectivity index (χ0n) is 14.5. The number of rotatable bonds is 7. The number of hydrogen-bond acceptors (Lipinski definition) is 4. The van der Waals surface area contributed by atoms with Gasteiger partial charge in [-0.1, -0.05) is 11.6 Å². The summed E-state index contributed by atoms with van der Waals surface area (Å²) in [6, 6.07) is 9.69. The van der Waals surface area contributed by atoms with Crippen molar-refractivity contribution in [2.24, 2.45) is 5.92 Å². The van der Waals surface area contributed by atoms with E-state index < -0.39 is 0 Å². The van der Waals surface area contributed by atoms with Crippen molar-refractivity contribution < 1.29 is 14.4 Å². The average molecular weight is 387 g/mol. The van der Waals surface area contributed by atoms with Crippen LogP contribution in [0.2, 0.25) is 5.15 Å². The molecule has 0 aliphatic heterocycles. The quantitative estimate of drug-likeness (QED) is 0.502. The van der Waals surface area contributed by atoms with Crippen LogP contribution in [0.5, 0.6) is 0 Å². The van der Waals surface area contributed by atoms with Gasteiger partial charge in [0.25, 0.3) is 11.8 Å². The summed E-state index contributed by atoms with van der Waals surface area (Å²) in [5.41, 5.74) is 1.27. The second-order valence-electron chi connectivity index (χ2n) is 6.19. The van der Waals surface area contributed by atoms with E-state index in [0.717, 1.165) is 12.8 Å². The first-order valence-corrected chi connectivity index (χ1v) is 9.00. The molecule has 1 saturated carbocycles. The molecule has 3 rings (SSSR count). The van der Waals surface area contributed by atoms with Gasteiger partial charge in [0.1, 0.15) is 5.15 Å². The highest BCUT2D eigenvalue weighted by atomic mass is 35.5. The molecule has 1 heterocycles. The van der Waals surface area contributed by atoms with Crippen molar-refractivity contribution in [1.82, 2.24) is 15.6 Å². The molecule has 1 aliphatic rings. The standard InChI is InChI=1S/C19H19ClN4O3/c20-16-15(2-1-9-21-16)19(27)24-14-7-5-13(6-8-14)18(26)23-11-10-22-17(25)12-3-4-12/h1-2,5-9,12H,3-4,10-11H2,(H,22,25)(H,23,26)(H,24,27). The van der Waals surface area contributed by atoms with Crippen molar-refractivity contribution in [2.75, 3.05) is 18.4 Å². The minimum Gasteiger partial charge on any atom is -0.354 e. The van der Waals surface area contributed by atoms with Crippen LogP contribution in [-0.2, 0) is 4.79 Å². The van der Waals surface area contributed by atoms with Gasteiger partial charge in [0.15, 0.2) is 0 Å². The Balaban J connectivity index is 1.47. The maximum atomic E-state index is 12.2. The van der Waals surface area contributed by atoms with Gasteiger partial charge in [-0.25, -0.2) is 4.98 Å². The largest absolute Gasteiger partial charge is 0.354 e. The summed E-state index contributed by atoms with van der Waals surface area (Å²) in [6.45, 7) is 0.760. The number of halogens is 1. The molecule has 140 valence electrons. The first-order valence-electron chi connectivity index (χ1n) is 8.62. The Morgan fingerprint density at radius 1 is 1.00 bits per heavy atom. The van der Waals surface area contributed by atoms with Crippen LogP contribution in [0.3, 0.4) is 0 Å². The average Bonchev–Trinajstić information content (AvgIpc) is 3.51. The smallest absolute Gasteiger partial charge is 0.258 e. The molecule has 3 N–H and O–H groups in total. The van der Waals surface area contributed by atoms with Crippen molar-refractivity contribution in [3.63, 3.8) is 0 Å². The third-order valence-electron chi connectivity index (χ3n) is 4.07. The summed E-state index contributed by atoms with van der Waals surface area (Å²) < 4.78 is 0. The van der Waals surface area contributed by atoms with Gasteiger partial charge in [-0.2, -0.15) is 0 Å². The number of anilines is 1. The van der Waals surface area contributed by atoms with Crippen molar-refractivity contribution in [3.05, 3.63) is 58.9 Å². The van der Waals surface area contributed by atoms with E-state index in [1.807, 2.05) is 0 Å². The lowest BCUT2D eigenvalue weighted by Crippen LogP contribution is -2.35. The minimum absolute atomic E-state index is 0.0538. The Kier molecular flexibility index (Phi) is 6.03. The van der Waals surface area contributed by atoms with Crippen molar-refractivity contribution >= 4 is 35.0 Å². The van der Waals surface area contributed by atoms with Crippen LogP contribution >= 0.6 is 11.6 Å². The molecule has 1 fully saturated rings. The van der Waals surface area contributed by atoms with Gasteiger partial charge in [-0.15, -0.1) is 0 Å². The number of hydrogen-bond donors (Lipinski definition) is 3. The summed E-state index contributed by atoms with van der Waals surface area (Å²) >= 11 is 5.90. The predicted molar refractivity (Wildman–Crippen MR) is 102 cm³/mol. The van der Waals surface area contributed by atoms with E-state index in [1.165, 1.54) is 6.20 Å². The van der Waals surface area contributed by atoms with Gasteiger partial charge in [0.2, 0.25) is 5.91 Å².